The summed E-state index contributed by atoms with van der Waals surface area (Å²) in [6.07, 6.45) is 0.303. The van der Waals surface area contributed by atoms with Gasteiger partial charge in [0.05, 0.1) is 13.0 Å². The van der Waals surface area contributed by atoms with Crippen LogP contribution in [-0.2, 0) is 4.79 Å². The van der Waals surface area contributed by atoms with Crippen LogP contribution in [0.25, 0.3) is 0 Å². The molecule has 4 heteroatoms. The molecular weight excluding hydrogens is 264 g/mol. The molecule has 0 spiro atoms. The number of hydrogen-bond acceptors (Lipinski definition) is 3. The first-order valence-corrected chi connectivity index (χ1v) is 6.90. The summed E-state index contributed by atoms with van der Waals surface area (Å²) in [5.74, 6) is 0.697. The lowest BCUT2D eigenvalue weighted by Gasteiger charge is -2.11. The fourth-order valence-electron chi connectivity index (χ4n) is 1.96. The first-order valence-electron chi connectivity index (χ1n) is 6.90. The van der Waals surface area contributed by atoms with Gasteiger partial charge >= 0.3 is 0 Å². The number of carbonyl (C=O) groups excluding carboxylic acids is 1. The summed E-state index contributed by atoms with van der Waals surface area (Å²) in [6.45, 7) is 4.19. The van der Waals surface area contributed by atoms with E-state index in [2.05, 4.69) is 5.32 Å². The first-order chi connectivity index (χ1) is 10.1. The summed E-state index contributed by atoms with van der Waals surface area (Å²) in [6, 6.07) is 13.2. The van der Waals surface area contributed by atoms with E-state index in [0.29, 0.717) is 13.0 Å². The van der Waals surface area contributed by atoms with Crippen molar-refractivity contribution in [3.63, 3.8) is 0 Å². The Labute approximate surface area is 124 Å². The predicted molar refractivity (Wildman–Crippen MR) is 85.5 cm³/mol. The number of nitrogen functional groups attached to an aromatic ring is 1. The van der Waals surface area contributed by atoms with Gasteiger partial charge < -0.3 is 15.8 Å². The fourth-order valence-corrected chi connectivity index (χ4v) is 1.96. The van der Waals surface area contributed by atoms with Crippen molar-refractivity contribution in [2.75, 3.05) is 17.7 Å². The minimum atomic E-state index is -0.0711. The molecule has 0 radical (unpaired) electrons. The van der Waals surface area contributed by atoms with E-state index in [1.807, 2.05) is 56.3 Å². The second-order valence-electron chi connectivity index (χ2n) is 4.98. The van der Waals surface area contributed by atoms with Crippen molar-refractivity contribution in [3.8, 4) is 5.75 Å². The molecule has 0 unspecified atom stereocenters. The number of aryl methyl sites for hydroxylation is 2. The maximum absolute atomic E-state index is 11.9. The topological polar surface area (TPSA) is 64.3 Å². The molecule has 110 valence electrons. The van der Waals surface area contributed by atoms with Gasteiger partial charge in [0.25, 0.3) is 0 Å². The number of amides is 1. The van der Waals surface area contributed by atoms with Crippen LogP contribution in [0.5, 0.6) is 5.75 Å². The molecule has 0 saturated heterocycles. The minimum Gasteiger partial charge on any atom is -0.493 e. The van der Waals surface area contributed by atoms with Gasteiger partial charge in [-0.1, -0.05) is 18.2 Å². The third-order valence-corrected chi connectivity index (χ3v) is 3.23. The van der Waals surface area contributed by atoms with Gasteiger partial charge in [0.15, 0.2) is 0 Å². The largest absolute Gasteiger partial charge is 0.493 e. The average Bonchev–Trinajstić information content (AvgIpc) is 2.46. The van der Waals surface area contributed by atoms with E-state index in [9.17, 15) is 4.79 Å². The number of carbonyl (C=O) groups is 1. The number of nitrogens with one attached hydrogen (secondary N) is 1. The number of para-hydroxylation sites is 1. The highest BCUT2D eigenvalue weighted by atomic mass is 16.5. The molecule has 0 atom stereocenters. The van der Waals surface area contributed by atoms with Gasteiger partial charge in [-0.15, -0.1) is 0 Å². The summed E-state index contributed by atoms with van der Waals surface area (Å²) in [5.41, 5.74) is 9.27. The molecule has 0 bridgehead atoms. The number of ether oxygens (including phenoxy) is 1. The summed E-state index contributed by atoms with van der Waals surface area (Å²) in [4.78, 5) is 11.9. The Bertz CT molecular complexity index is 624. The Morgan fingerprint density at radius 3 is 2.57 bits per heavy atom. The van der Waals surface area contributed by atoms with Crippen LogP contribution in [0.3, 0.4) is 0 Å². The van der Waals surface area contributed by atoms with Gasteiger partial charge in [0.1, 0.15) is 5.75 Å². The first kappa shape index (κ1) is 14.9. The summed E-state index contributed by atoms with van der Waals surface area (Å²) >= 11 is 0. The van der Waals surface area contributed by atoms with Crippen molar-refractivity contribution >= 4 is 17.3 Å². The van der Waals surface area contributed by atoms with E-state index in [1.54, 1.807) is 0 Å². The van der Waals surface area contributed by atoms with Crippen LogP contribution in [0.1, 0.15) is 17.5 Å². The normalized spacial score (nSPS) is 10.2. The van der Waals surface area contributed by atoms with Gasteiger partial charge in [0.2, 0.25) is 5.91 Å². The number of nitrogens with two attached hydrogens (primary N) is 1. The molecule has 0 aliphatic heterocycles. The van der Waals surface area contributed by atoms with Crippen molar-refractivity contribution in [2.24, 2.45) is 0 Å². The van der Waals surface area contributed by atoms with E-state index in [4.69, 9.17) is 10.5 Å². The van der Waals surface area contributed by atoms with Crippen LogP contribution in [0, 0.1) is 13.8 Å². The number of anilines is 2. The number of rotatable bonds is 5. The highest BCUT2D eigenvalue weighted by Crippen LogP contribution is 2.22. The van der Waals surface area contributed by atoms with Crippen molar-refractivity contribution < 1.29 is 9.53 Å². The van der Waals surface area contributed by atoms with E-state index in [0.717, 1.165) is 28.3 Å². The zero-order valence-corrected chi connectivity index (χ0v) is 12.3. The van der Waals surface area contributed by atoms with Crippen LogP contribution in [0.15, 0.2) is 42.5 Å². The Morgan fingerprint density at radius 2 is 1.86 bits per heavy atom. The van der Waals surface area contributed by atoms with Crippen molar-refractivity contribution in [1.82, 2.24) is 0 Å². The molecular formula is C17H20N2O2. The lowest BCUT2D eigenvalue weighted by Crippen LogP contribution is -2.16. The molecule has 0 aliphatic rings. The van der Waals surface area contributed by atoms with Crippen LogP contribution < -0.4 is 15.8 Å². The van der Waals surface area contributed by atoms with Gasteiger partial charge in [-0.25, -0.2) is 0 Å². The van der Waals surface area contributed by atoms with Crippen LogP contribution in [0.2, 0.25) is 0 Å². The van der Waals surface area contributed by atoms with Gasteiger partial charge in [-0.05, 0) is 49.2 Å². The lowest BCUT2D eigenvalue weighted by molar-refractivity contribution is -0.116. The molecule has 2 rings (SSSR count). The Balaban J connectivity index is 1.86. The van der Waals surface area contributed by atoms with Crippen molar-refractivity contribution in [2.45, 2.75) is 20.3 Å². The molecule has 0 fully saturated rings. The maximum Gasteiger partial charge on any atom is 0.227 e. The van der Waals surface area contributed by atoms with Gasteiger partial charge in [0, 0.05) is 11.4 Å². The van der Waals surface area contributed by atoms with Gasteiger partial charge in [-0.3, -0.25) is 4.79 Å². The molecule has 0 aliphatic carbocycles. The molecule has 21 heavy (non-hydrogen) atoms. The standard InChI is InChI=1S/C17H20N2O2/c1-12-11-16(13(2)10-15(12)18)19-17(20)8-9-21-14-6-4-3-5-7-14/h3-7,10-11H,8-9,18H2,1-2H3,(H,19,20). The van der Waals surface area contributed by atoms with Gasteiger partial charge in [-0.2, -0.15) is 0 Å². The summed E-state index contributed by atoms with van der Waals surface area (Å²) in [7, 11) is 0. The van der Waals surface area contributed by atoms with Crippen LogP contribution in [-0.4, -0.2) is 12.5 Å². The predicted octanol–water partition coefficient (Wildman–Crippen LogP) is 3.29. The molecule has 0 aromatic heterocycles. The number of benzene rings is 2. The zero-order valence-electron chi connectivity index (χ0n) is 12.3. The Hall–Kier alpha value is -2.49. The lowest BCUT2D eigenvalue weighted by atomic mass is 10.1. The zero-order chi connectivity index (χ0) is 15.2. The molecule has 4 nitrogen and oxygen atoms in total. The van der Waals surface area contributed by atoms with Crippen LogP contribution in [0.4, 0.5) is 11.4 Å². The quantitative estimate of drug-likeness (QED) is 0.828. The molecule has 0 saturated carbocycles. The Morgan fingerprint density at radius 1 is 1.14 bits per heavy atom. The van der Waals surface area contributed by atoms with Crippen LogP contribution >= 0.6 is 0 Å². The van der Waals surface area contributed by atoms with E-state index < -0.39 is 0 Å². The molecule has 2 aromatic carbocycles. The van der Waals surface area contributed by atoms with Crippen molar-refractivity contribution in [3.05, 3.63) is 53.6 Å². The molecule has 0 heterocycles. The Kier molecular flexibility index (Phi) is 4.82. The third-order valence-electron chi connectivity index (χ3n) is 3.23. The maximum atomic E-state index is 11.9. The van der Waals surface area contributed by atoms with Crippen molar-refractivity contribution in [1.29, 1.82) is 0 Å². The summed E-state index contributed by atoms with van der Waals surface area (Å²) < 4.78 is 5.51. The number of hydrogen-bond donors (Lipinski definition) is 2. The highest BCUT2D eigenvalue weighted by molar-refractivity contribution is 5.92. The monoisotopic (exact) mass is 284 g/mol. The highest BCUT2D eigenvalue weighted by Gasteiger charge is 2.07. The molecule has 3 N–H and O–H groups in total. The molecule has 1 amide bonds. The fraction of sp³-hybridized carbons (Fsp3) is 0.235. The second-order valence-corrected chi connectivity index (χ2v) is 4.98. The third kappa shape index (κ3) is 4.24. The SMILES string of the molecule is Cc1cc(NC(=O)CCOc2ccccc2)c(C)cc1N. The van der Waals surface area contributed by atoms with E-state index in [1.165, 1.54) is 0 Å². The van der Waals surface area contributed by atoms with E-state index in [-0.39, 0.29) is 5.91 Å². The minimum absolute atomic E-state index is 0.0711. The second kappa shape index (κ2) is 6.79. The summed E-state index contributed by atoms with van der Waals surface area (Å²) in [5, 5.41) is 2.89. The smallest absolute Gasteiger partial charge is 0.227 e. The van der Waals surface area contributed by atoms with E-state index >= 15 is 0 Å². The molecule has 2 aromatic rings. The average molecular weight is 284 g/mol.